The van der Waals surface area contributed by atoms with Gasteiger partial charge in [0.1, 0.15) is 5.75 Å². The zero-order chi connectivity index (χ0) is 19.5. The Morgan fingerprint density at radius 1 is 0.929 bits per heavy atom. The standard InChI is InChI=1S/C21H22F2N4O/c1-26-10-12-27(13-11-26)17-6-2-15(3-7-17)19-14-20(25-24-19)16-4-8-18(9-5-16)28-21(22)23/h2-9,14,21H,10-13H2,1H3,(H,24,25). The number of benzene rings is 2. The summed E-state index contributed by atoms with van der Waals surface area (Å²) in [7, 11) is 2.15. The Kier molecular flexibility index (Phi) is 5.25. The number of halogens is 2. The molecule has 5 nitrogen and oxygen atoms in total. The highest BCUT2D eigenvalue weighted by atomic mass is 19.3. The number of aromatic amines is 1. The first-order valence-electron chi connectivity index (χ1n) is 9.23. The van der Waals surface area contributed by atoms with E-state index in [2.05, 4.69) is 56.0 Å². The molecular weight excluding hydrogens is 362 g/mol. The number of hydrogen-bond donors (Lipinski definition) is 1. The van der Waals surface area contributed by atoms with Crippen molar-refractivity contribution in [2.75, 3.05) is 38.1 Å². The van der Waals surface area contributed by atoms with E-state index in [1.165, 1.54) is 17.8 Å². The van der Waals surface area contributed by atoms with E-state index >= 15 is 0 Å². The largest absolute Gasteiger partial charge is 0.435 e. The van der Waals surface area contributed by atoms with E-state index in [1.807, 2.05) is 6.07 Å². The molecule has 146 valence electrons. The van der Waals surface area contributed by atoms with Gasteiger partial charge >= 0.3 is 6.61 Å². The van der Waals surface area contributed by atoms with Gasteiger partial charge in [-0.15, -0.1) is 0 Å². The van der Waals surface area contributed by atoms with Crippen molar-refractivity contribution in [1.82, 2.24) is 15.1 Å². The molecule has 0 atom stereocenters. The number of anilines is 1. The van der Waals surface area contributed by atoms with E-state index < -0.39 is 6.61 Å². The van der Waals surface area contributed by atoms with Gasteiger partial charge in [-0.05, 0) is 55.1 Å². The molecule has 1 aromatic heterocycles. The maximum Gasteiger partial charge on any atom is 0.387 e. The van der Waals surface area contributed by atoms with Gasteiger partial charge in [0.25, 0.3) is 0 Å². The summed E-state index contributed by atoms with van der Waals surface area (Å²) in [5.74, 6) is 0.133. The van der Waals surface area contributed by atoms with Crippen molar-refractivity contribution in [2.24, 2.45) is 0 Å². The number of aromatic nitrogens is 2. The molecule has 1 fully saturated rings. The number of rotatable bonds is 5. The van der Waals surface area contributed by atoms with Crippen molar-refractivity contribution in [1.29, 1.82) is 0 Å². The number of nitrogens with one attached hydrogen (secondary N) is 1. The highest BCUT2D eigenvalue weighted by Gasteiger charge is 2.14. The Labute approximate surface area is 162 Å². The molecule has 0 radical (unpaired) electrons. The van der Waals surface area contributed by atoms with E-state index in [9.17, 15) is 8.78 Å². The van der Waals surface area contributed by atoms with Gasteiger partial charge in [-0.25, -0.2) is 0 Å². The van der Waals surface area contributed by atoms with Crippen LogP contribution in [0.15, 0.2) is 54.6 Å². The van der Waals surface area contributed by atoms with Gasteiger partial charge in [-0.2, -0.15) is 13.9 Å². The van der Waals surface area contributed by atoms with Crippen LogP contribution in [-0.2, 0) is 0 Å². The molecule has 1 aliphatic rings. The fourth-order valence-corrected chi connectivity index (χ4v) is 3.34. The number of hydrogen-bond acceptors (Lipinski definition) is 4. The molecule has 3 aromatic rings. The predicted molar refractivity (Wildman–Crippen MR) is 106 cm³/mol. The molecule has 0 saturated carbocycles. The van der Waals surface area contributed by atoms with Crippen molar-refractivity contribution in [2.45, 2.75) is 6.61 Å². The number of likely N-dealkylation sites (N-methyl/N-ethyl adjacent to an activating group) is 1. The quantitative estimate of drug-likeness (QED) is 0.719. The summed E-state index contributed by atoms with van der Waals surface area (Å²) >= 11 is 0. The summed E-state index contributed by atoms with van der Waals surface area (Å²) in [6.45, 7) is 1.40. The van der Waals surface area contributed by atoms with Crippen LogP contribution in [0, 0.1) is 0 Å². The number of nitrogens with zero attached hydrogens (tertiary/aromatic N) is 3. The van der Waals surface area contributed by atoms with Gasteiger partial charge in [0.2, 0.25) is 0 Å². The summed E-state index contributed by atoms with van der Waals surface area (Å²) in [5.41, 5.74) is 4.77. The molecule has 4 rings (SSSR count). The third-order valence-corrected chi connectivity index (χ3v) is 5.00. The Morgan fingerprint density at radius 2 is 1.57 bits per heavy atom. The van der Waals surface area contributed by atoms with Gasteiger partial charge < -0.3 is 14.5 Å². The van der Waals surface area contributed by atoms with Crippen molar-refractivity contribution in [3.8, 4) is 28.3 Å². The zero-order valence-electron chi connectivity index (χ0n) is 15.6. The number of ether oxygens (including phenoxy) is 1. The lowest BCUT2D eigenvalue weighted by Crippen LogP contribution is -2.44. The predicted octanol–water partition coefficient (Wildman–Crippen LogP) is 4.10. The number of H-pyrrole nitrogens is 1. The van der Waals surface area contributed by atoms with Crippen molar-refractivity contribution in [3.05, 3.63) is 54.6 Å². The first kappa shape index (κ1) is 18.4. The molecule has 1 aliphatic heterocycles. The highest BCUT2D eigenvalue weighted by molar-refractivity contribution is 5.69. The molecule has 7 heteroatoms. The van der Waals surface area contributed by atoms with E-state index in [0.717, 1.165) is 48.7 Å². The fourth-order valence-electron chi connectivity index (χ4n) is 3.34. The van der Waals surface area contributed by atoms with E-state index in [4.69, 9.17) is 0 Å². The Morgan fingerprint density at radius 3 is 2.21 bits per heavy atom. The fraction of sp³-hybridized carbons (Fsp3) is 0.286. The van der Waals surface area contributed by atoms with E-state index in [0.29, 0.717) is 0 Å². The van der Waals surface area contributed by atoms with Crippen LogP contribution in [0.1, 0.15) is 0 Å². The van der Waals surface area contributed by atoms with Crippen LogP contribution in [0.25, 0.3) is 22.5 Å². The third kappa shape index (κ3) is 4.14. The summed E-state index contributed by atoms with van der Waals surface area (Å²) in [6, 6.07) is 16.9. The molecule has 1 saturated heterocycles. The van der Waals surface area contributed by atoms with Crippen molar-refractivity contribution < 1.29 is 13.5 Å². The molecule has 0 amide bonds. The highest BCUT2D eigenvalue weighted by Crippen LogP contribution is 2.27. The monoisotopic (exact) mass is 384 g/mol. The zero-order valence-corrected chi connectivity index (χ0v) is 15.6. The van der Waals surface area contributed by atoms with E-state index in [1.54, 1.807) is 12.1 Å². The average Bonchev–Trinajstić information content (AvgIpc) is 3.19. The maximum absolute atomic E-state index is 12.3. The molecule has 0 aliphatic carbocycles. The Balaban J connectivity index is 1.46. The second kappa shape index (κ2) is 7.98. The summed E-state index contributed by atoms with van der Waals surface area (Å²) in [5, 5.41) is 7.39. The summed E-state index contributed by atoms with van der Waals surface area (Å²) in [4.78, 5) is 4.73. The molecule has 2 aromatic carbocycles. The topological polar surface area (TPSA) is 44.4 Å². The van der Waals surface area contributed by atoms with E-state index in [-0.39, 0.29) is 5.75 Å². The van der Waals surface area contributed by atoms with Crippen LogP contribution in [0.5, 0.6) is 5.75 Å². The lowest BCUT2D eigenvalue weighted by atomic mass is 10.1. The lowest BCUT2D eigenvalue weighted by molar-refractivity contribution is -0.0498. The number of piperazine rings is 1. The Bertz CT molecular complexity index is 901. The lowest BCUT2D eigenvalue weighted by Gasteiger charge is -2.34. The van der Waals surface area contributed by atoms with Crippen molar-refractivity contribution in [3.63, 3.8) is 0 Å². The van der Waals surface area contributed by atoms with Crippen LogP contribution >= 0.6 is 0 Å². The minimum Gasteiger partial charge on any atom is -0.435 e. The molecule has 2 heterocycles. The van der Waals surface area contributed by atoms with Gasteiger partial charge in [0.05, 0.1) is 11.4 Å². The molecule has 1 N–H and O–H groups in total. The summed E-state index contributed by atoms with van der Waals surface area (Å²) < 4.78 is 28.9. The maximum atomic E-state index is 12.3. The first-order valence-corrected chi connectivity index (χ1v) is 9.23. The van der Waals surface area contributed by atoms with Gasteiger partial charge in [0.15, 0.2) is 0 Å². The molecular formula is C21H22F2N4O. The second-order valence-electron chi connectivity index (χ2n) is 6.91. The van der Waals surface area contributed by atoms with Crippen LogP contribution in [0.3, 0.4) is 0 Å². The molecule has 28 heavy (non-hydrogen) atoms. The minimum atomic E-state index is -2.82. The van der Waals surface area contributed by atoms with Gasteiger partial charge in [0, 0.05) is 37.4 Å². The van der Waals surface area contributed by atoms with Gasteiger partial charge in [-0.1, -0.05) is 12.1 Å². The smallest absolute Gasteiger partial charge is 0.387 e. The normalized spacial score (nSPS) is 15.2. The van der Waals surface area contributed by atoms with Crippen LogP contribution < -0.4 is 9.64 Å². The average molecular weight is 384 g/mol. The molecule has 0 spiro atoms. The van der Waals surface area contributed by atoms with Crippen LogP contribution in [0.2, 0.25) is 0 Å². The van der Waals surface area contributed by atoms with Crippen molar-refractivity contribution >= 4 is 5.69 Å². The molecule has 0 bridgehead atoms. The minimum absolute atomic E-state index is 0.133. The number of alkyl halides is 2. The first-order chi connectivity index (χ1) is 13.6. The SMILES string of the molecule is CN1CCN(c2ccc(-c3cc(-c4ccc(OC(F)F)cc4)n[nH]3)cc2)CC1. The van der Waals surface area contributed by atoms with Crippen LogP contribution in [0.4, 0.5) is 14.5 Å². The summed E-state index contributed by atoms with van der Waals surface area (Å²) in [6.07, 6.45) is 0. The second-order valence-corrected chi connectivity index (χ2v) is 6.91. The molecule has 0 unspecified atom stereocenters. The Hall–Kier alpha value is -2.93. The van der Waals surface area contributed by atoms with Crippen LogP contribution in [-0.4, -0.2) is 54.9 Å². The van der Waals surface area contributed by atoms with Gasteiger partial charge in [-0.3, -0.25) is 5.10 Å². The third-order valence-electron chi connectivity index (χ3n) is 5.00.